The van der Waals surface area contributed by atoms with Gasteiger partial charge in [0.25, 0.3) is 0 Å². The Bertz CT molecular complexity index is 308. The summed E-state index contributed by atoms with van der Waals surface area (Å²) in [6.07, 6.45) is 4.80. The van der Waals surface area contributed by atoms with Crippen LogP contribution in [0.1, 0.15) is 43.5 Å². The molecule has 0 N–H and O–H groups in total. The zero-order valence-corrected chi connectivity index (χ0v) is 9.34. The zero-order valence-electron chi connectivity index (χ0n) is 7.76. The molecular weight excluding hydrogens is 228 g/mol. The Balaban J connectivity index is 2.25. The van der Waals surface area contributed by atoms with E-state index in [1.54, 1.807) is 0 Å². The van der Waals surface area contributed by atoms with E-state index < -0.39 is 0 Å². The van der Waals surface area contributed by atoms with Crippen LogP contribution < -0.4 is 0 Å². The van der Waals surface area contributed by atoms with Crippen LogP contribution in [-0.4, -0.2) is 9.97 Å². The Morgan fingerprint density at radius 2 is 2.23 bits per heavy atom. The van der Waals surface area contributed by atoms with Crippen molar-refractivity contribution in [1.82, 2.24) is 9.97 Å². The minimum absolute atomic E-state index is 0.718. The Morgan fingerprint density at radius 1 is 1.46 bits per heavy atom. The molecule has 1 fully saturated rings. The lowest BCUT2D eigenvalue weighted by atomic mass is 10.2. The number of halogens is 1. The van der Waals surface area contributed by atoms with Gasteiger partial charge in [0.2, 0.25) is 0 Å². The van der Waals surface area contributed by atoms with E-state index in [9.17, 15) is 0 Å². The van der Waals surface area contributed by atoms with Gasteiger partial charge in [0.1, 0.15) is 0 Å². The number of nitrogens with zero attached hydrogens (tertiary/aromatic N) is 2. The molecular formula is C10H13BrN2. The molecule has 1 aromatic rings. The van der Waals surface area contributed by atoms with Crippen LogP contribution in [0.4, 0.5) is 0 Å². The predicted molar refractivity (Wildman–Crippen MR) is 55.7 cm³/mol. The number of aromatic nitrogens is 2. The molecule has 0 unspecified atom stereocenters. The van der Waals surface area contributed by atoms with Crippen molar-refractivity contribution < 1.29 is 0 Å². The summed E-state index contributed by atoms with van der Waals surface area (Å²) in [7, 11) is 0. The molecule has 0 radical (unpaired) electrons. The highest BCUT2D eigenvalue weighted by Gasteiger charge is 2.25. The van der Waals surface area contributed by atoms with Crippen LogP contribution in [-0.2, 0) is 6.42 Å². The normalized spacial score (nSPS) is 16.2. The highest BCUT2D eigenvalue weighted by molar-refractivity contribution is 9.10. The van der Waals surface area contributed by atoms with Gasteiger partial charge in [-0.3, -0.25) is 0 Å². The molecule has 13 heavy (non-hydrogen) atoms. The molecule has 0 atom stereocenters. The zero-order chi connectivity index (χ0) is 9.26. The lowest BCUT2D eigenvalue weighted by Gasteiger charge is -2.02. The van der Waals surface area contributed by atoms with Gasteiger partial charge in [-0.05, 0) is 41.3 Å². The molecule has 70 valence electrons. The highest BCUT2D eigenvalue weighted by atomic mass is 79.9. The Morgan fingerprint density at radius 3 is 2.85 bits per heavy atom. The standard InChI is InChI=1S/C10H13BrN2/c1-2-3-8-6-9(7-4-5-7)13-10(11)12-8/h6-7H,2-5H2,1H3. The van der Waals surface area contributed by atoms with Crippen molar-refractivity contribution in [3.05, 3.63) is 22.2 Å². The summed E-state index contributed by atoms with van der Waals surface area (Å²) >= 11 is 3.36. The first-order chi connectivity index (χ1) is 6.29. The van der Waals surface area contributed by atoms with E-state index in [1.165, 1.54) is 24.2 Å². The minimum atomic E-state index is 0.718. The van der Waals surface area contributed by atoms with Gasteiger partial charge in [-0.15, -0.1) is 0 Å². The second kappa shape index (κ2) is 3.74. The van der Waals surface area contributed by atoms with Crippen LogP contribution in [0.15, 0.2) is 10.8 Å². The molecule has 1 aliphatic carbocycles. The average molecular weight is 241 g/mol. The third kappa shape index (κ3) is 2.27. The molecule has 3 heteroatoms. The second-order valence-electron chi connectivity index (χ2n) is 3.58. The highest BCUT2D eigenvalue weighted by Crippen LogP contribution is 2.39. The number of hydrogen-bond acceptors (Lipinski definition) is 2. The third-order valence-electron chi connectivity index (χ3n) is 2.27. The van der Waals surface area contributed by atoms with Gasteiger partial charge in [-0.2, -0.15) is 0 Å². The number of hydrogen-bond donors (Lipinski definition) is 0. The van der Waals surface area contributed by atoms with Crippen molar-refractivity contribution in [1.29, 1.82) is 0 Å². The number of aryl methyl sites for hydroxylation is 1. The average Bonchev–Trinajstić information content (AvgIpc) is 2.85. The Kier molecular flexibility index (Phi) is 2.63. The topological polar surface area (TPSA) is 25.8 Å². The van der Waals surface area contributed by atoms with Crippen LogP contribution in [0.2, 0.25) is 0 Å². The van der Waals surface area contributed by atoms with Gasteiger partial charge in [0, 0.05) is 17.3 Å². The molecule has 2 rings (SSSR count). The molecule has 1 heterocycles. The van der Waals surface area contributed by atoms with Gasteiger partial charge in [-0.25, -0.2) is 9.97 Å². The summed E-state index contributed by atoms with van der Waals surface area (Å²) < 4.78 is 0.750. The molecule has 2 nitrogen and oxygen atoms in total. The third-order valence-corrected chi connectivity index (χ3v) is 2.63. The van der Waals surface area contributed by atoms with Crippen molar-refractivity contribution in [3.8, 4) is 0 Å². The van der Waals surface area contributed by atoms with Gasteiger partial charge in [0.15, 0.2) is 4.73 Å². The van der Waals surface area contributed by atoms with Crippen molar-refractivity contribution >= 4 is 15.9 Å². The molecule has 0 spiro atoms. The summed E-state index contributed by atoms with van der Waals surface area (Å²) in [6, 6.07) is 2.16. The fraction of sp³-hybridized carbons (Fsp3) is 0.600. The number of rotatable bonds is 3. The van der Waals surface area contributed by atoms with Crippen molar-refractivity contribution in [2.75, 3.05) is 0 Å². The van der Waals surface area contributed by atoms with Crippen molar-refractivity contribution in [2.45, 2.75) is 38.5 Å². The molecule has 1 aliphatic rings. The first-order valence-electron chi connectivity index (χ1n) is 4.83. The smallest absolute Gasteiger partial charge is 0.197 e. The fourth-order valence-electron chi connectivity index (χ4n) is 1.46. The van der Waals surface area contributed by atoms with E-state index in [2.05, 4.69) is 38.9 Å². The van der Waals surface area contributed by atoms with Crippen LogP contribution in [0.25, 0.3) is 0 Å². The Labute approximate surface area is 86.9 Å². The second-order valence-corrected chi connectivity index (χ2v) is 4.29. The molecule has 0 aliphatic heterocycles. The van der Waals surface area contributed by atoms with E-state index in [0.717, 1.165) is 23.5 Å². The molecule has 0 bridgehead atoms. The maximum Gasteiger partial charge on any atom is 0.197 e. The predicted octanol–water partition coefficient (Wildman–Crippen LogP) is 3.07. The maximum atomic E-state index is 4.38. The van der Waals surface area contributed by atoms with Crippen LogP contribution in [0.5, 0.6) is 0 Å². The summed E-state index contributed by atoms with van der Waals surface area (Å²) in [5, 5.41) is 0. The van der Waals surface area contributed by atoms with Crippen LogP contribution >= 0.6 is 15.9 Å². The van der Waals surface area contributed by atoms with E-state index >= 15 is 0 Å². The Hall–Kier alpha value is -0.440. The molecule has 0 amide bonds. The lowest BCUT2D eigenvalue weighted by molar-refractivity contribution is 0.842. The van der Waals surface area contributed by atoms with Gasteiger partial charge in [-0.1, -0.05) is 13.3 Å². The first kappa shape index (κ1) is 9.13. The summed E-state index contributed by atoms with van der Waals surface area (Å²) in [5.41, 5.74) is 2.40. The largest absolute Gasteiger partial charge is 0.227 e. The minimum Gasteiger partial charge on any atom is -0.227 e. The van der Waals surface area contributed by atoms with E-state index in [4.69, 9.17) is 0 Å². The lowest BCUT2D eigenvalue weighted by Crippen LogP contribution is -1.96. The first-order valence-corrected chi connectivity index (χ1v) is 5.62. The summed E-state index contributed by atoms with van der Waals surface area (Å²) in [4.78, 5) is 8.72. The van der Waals surface area contributed by atoms with Gasteiger partial charge in [0.05, 0.1) is 0 Å². The quantitative estimate of drug-likeness (QED) is 0.760. The van der Waals surface area contributed by atoms with E-state index in [0.29, 0.717) is 0 Å². The van der Waals surface area contributed by atoms with Crippen LogP contribution in [0.3, 0.4) is 0 Å². The van der Waals surface area contributed by atoms with E-state index in [1.807, 2.05) is 0 Å². The van der Waals surface area contributed by atoms with Crippen LogP contribution in [0, 0.1) is 0 Å². The molecule has 0 saturated heterocycles. The SMILES string of the molecule is CCCc1cc(C2CC2)nc(Br)n1. The van der Waals surface area contributed by atoms with Crippen molar-refractivity contribution in [2.24, 2.45) is 0 Å². The monoisotopic (exact) mass is 240 g/mol. The van der Waals surface area contributed by atoms with Gasteiger partial charge < -0.3 is 0 Å². The molecule has 1 aromatic heterocycles. The van der Waals surface area contributed by atoms with E-state index in [-0.39, 0.29) is 0 Å². The van der Waals surface area contributed by atoms with Gasteiger partial charge >= 0.3 is 0 Å². The summed E-state index contributed by atoms with van der Waals surface area (Å²) in [5.74, 6) is 0.718. The molecule has 0 aromatic carbocycles. The fourth-order valence-corrected chi connectivity index (χ4v) is 1.89. The van der Waals surface area contributed by atoms with Crippen molar-refractivity contribution in [3.63, 3.8) is 0 Å². The maximum absolute atomic E-state index is 4.38. The molecule has 1 saturated carbocycles. The summed E-state index contributed by atoms with van der Waals surface area (Å²) in [6.45, 7) is 2.17.